The SMILES string of the molecule is CCNC(=O)[C@@H](C)N(Cc1c(Cl)cccc1Cl)C(=O)CN(c1ccc(I)cc1)S(=O)(=O)c1ccccc1. The topological polar surface area (TPSA) is 86.8 Å². The van der Waals surface area contributed by atoms with E-state index in [0.717, 1.165) is 7.88 Å². The third-order valence-electron chi connectivity index (χ3n) is 5.63. The molecule has 11 heteroatoms. The van der Waals surface area contributed by atoms with E-state index < -0.39 is 28.5 Å². The maximum absolute atomic E-state index is 13.8. The Bertz CT molecular complexity index is 1340. The molecule has 0 aromatic heterocycles. The number of sulfonamides is 1. The fraction of sp³-hybridized carbons (Fsp3) is 0.231. The Kier molecular flexibility index (Phi) is 10.2. The van der Waals surface area contributed by atoms with Crippen LogP contribution >= 0.6 is 45.8 Å². The summed E-state index contributed by atoms with van der Waals surface area (Å²) in [6.45, 7) is 3.10. The maximum atomic E-state index is 13.8. The fourth-order valence-electron chi connectivity index (χ4n) is 3.61. The molecule has 0 heterocycles. The first-order valence-corrected chi connectivity index (χ1v) is 14.7. The van der Waals surface area contributed by atoms with Crippen LogP contribution in [0.1, 0.15) is 19.4 Å². The Labute approximate surface area is 240 Å². The number of carbonyl (C=O) groups is 2. The number of halogens is 3. The zero-order valence-corrected chi connectivity index (χ0v) is 24.7. The van der Waals surface area contributed by atoms with Crippen LogP contribution in [0.5, 0.6) is 0 Å². The Balaban J connectivity index is 2.05. The van der Waals surface area contributed by atoms with Gasteiger partial charge in [0.1, 0.15) is 12.6 Å². The van der Waals surface area contributed by atoms with Crippen LogP contribution in [0, 0.1) is 3.57 Å². The smallest absolute Gasteiger partial charge is 0.264 e. The van der Waals surface area contributed by atoms with Gasteiger partial charge >= 0.3 is 0 Å². The van der Waals surface area contributed by atoms with E-state index in [1.54, 1.807) is 74.5 Å². The van der Waals surface area contributed by atoms with Gasteiger partial charge in [0.25, 0.3) is 10.0 Å². The Morgan fingerprint density at radius 1 is 0.946 bits per heavy atom. The maximum Gasteiger partial charge on any atom is 0.264 e. The Morgan fingerprint density at radius 3 is 2.11 bits per heavy atom. The molecule has 3 aromatic carbocycles. The van der Waals surface area contributed by atoms with Gasteiger partial charge in [-0.3, -0.25) is 13.9 Å². The summed E-state index contributed by atoms with van der Waals surface area (Å²) in [4.78, 5) is 27.9. The van der Waals surface area contributed by atoms with Crippen molar-refractivity contribution in [2.24, 2.45) is 0 Å². The number of hydrogen-bond acceptors (Lipinski definition) is 4. The highest BCUT2D eigenvalue weighted by molar-refractivity contribution is 14.1. The minimum Gasteiger partial charge on any atom is -0.355 e. The predicted molar refractivity (Wildman–Crippen MR) is 155 cm³/mol. The highest BCUT2D eigenvalue weighted by Crippen LogP contribution is 2.28. The molecule has 0 aliphatic heterocycles. The number of nitrogens with one attached hydrogen (secondary N) is 1. The lowest BCUT2D eigenvalue weighted by Gasteiger charge is -2.32. The van der Waals surface area contributed by atoms with Crippen LogP contribution in [-0.4, -0.2) is 44.3 Å². The minimum absolute atomic E-state index is 0.0406. The van der Waals surface area contributed by atoms with E-state index in [0.29, 0.717) is 27.8 Å². The van der Waals surface area contributed by atoms with Crippen molar-refractivity contribution < 1.29 is 18.0 Å². The van der Waals surface area contributed by atoms with Crippen molar-refractivity contribution in [1.82, 2.24) is 10.2 Å². The number of anilines is 1. The molecule has 0 saturated carbocycles. The molecular weight excluding hydrogens is 648 g/mol. The number of rotatable bonds is 10. The first-order valence-electron chi connectivity index (χ1n) is 11.4. The molecule has 3 aromatic rings. The van der Waals surface area contributed by atoms with Crippen molar-refractivity contribution in [2.75, 3.05) is 17.4 Å². The van der Waals surface area contributed by atoms with Crippen molar-refractivity contribution in [2.45, 2.75) is 31.3 Å². The van der Waals surface area contributed by atoms with E-state index in [4.69, 9.17) is 23.2 Å². The third kappa shape index (κ3) is 7.16. The van der Waals surface area contributed by atoms with Gasteiger partial charge in [0.15, 0.2) is 0 Å². The van der Waals surface area contributed by atoms with Crippen LogP contribution in [0.2, 0.25) is 10.0 Å². The lowest BCUT2D eigenvalue weighted by Crippen LogP contribution is -2.51. The summed E-state index contributed by atoms with van der Waals surface area (Å²) in [5, 5.41) is 3.38. The molecule has 0 aliphatic carbocycles. The van der Waals surface area contributed by atoms with E-state index in [9.17, 15) is 18.0 Å². The number of hydrogen-bond donors (Lipinski definition) is 1. The third-order valence-corrected chi connectivity index (χ3v) is 8.85. The molecule has 3 rings (SSSR count). The molecular formula is C26H26Cl2IN3O4S. The second kappa shape index (κ2) is 12.9. The van der Waals surface area contributed by atoms with Gasteiger partial charge in [-0.25, -0.2) is 8.42 Å². The molecule has 37 heavy (non-hydrogen) atoms. The van der Waals surface area contributed by atoms with E-state index in [1.165, 1.54) is 17.0 Å². The van der Waals surface area contributed by atoms with Gasteiger partial charge < -0.3 is 10.2 Å². The molecule has 196 valence electrons. The molecule has 1 N–H and O–H groups in total. The monoisotopic (exact) mass is 673 g/mol. The van der Waals surface area contributed by atoms with E-state index in [1.807, 2.05) is 0 Å². The van der Waals surface area contributed by atoms with Crippen LogP contribution < -0.4 is 9.62 Å². The van der Waals surface area contributed by atoms with Crippen molar-refractivity contribution >= 4 is 73.3 Å². The summed E-state index contributed by atoms with van der Waals surface area (Å²) in [6, 6.07) is 18.7. The average molecular weight is 674 g/mol. The first-order chi connectivity index (χ1) is 17.6. The molecule has 0 aliphatic rings. The minimum atomic E-state index is -4.11. The van der Waals surface area contributed by atoms with Crippen LogP contribution in [0.3, 0.4) is 0 Å². The summed E-state index contributed by atoms with van der Waals surface area (Å²) in [5.41, 5.74) is 0.779. The summed E-state index contributed by atoms with van der Waals surface area (Å²) in [7, 11) is -4.11. The van der Waals surface area contributed by atoms with Crippen molar-refractivity contribution in [3.05, 3.63) is 92.0 Å². The largest absolute Gasteiger partial charge is 0.355 e. The first kappa shape index (κ1) is 29.2. The lowest BCUT2D eigenvalue weighted by molar-refractivity contribution is -0.139. The quantitative estimate of drug-likeness (QED) is 0.294. The molecule has 0 unspecified atom stereocenters. The molecule has 0 radical (unpaired) electrons. The highest BCUT2D eigenvalue weighted by Gasteiger charge is 2.33. The van der Waals surface area contributed by atoms with Gasteiger partial charge in [-0.2, -0.15) is 0 Å². The van der Waals surface area contributed by atoms with Gasteiger partial charge in [-0.15, -0.1) is 0 Å². The second-order valence-corrected chi connectivity index (χ2v) is 12.0. The summed E-state index contributed by atoms with van der Waals surface area (Å²) < 4.78 is 29.3. The van der Waals surface area contributed by atoms with Gasteiger partial charge in [0.05, 0.1) is 10.6 Å². The lowest BCUT2D eigenvalue weighted by atomic mass is 10.1. The van der Waals surface area contributed by atoms with Crippen LogP contribution in [0.25, 0.3) is 0 Å². The number of amides is 2. The van der Waals surface area contributed by atoms with Crippen molar-refractivity contribution in [3.63, 3.8) is 0 Å². The second-order valence-electron chi connectivity index (χ2n) is 8.09. The molecule has 0 bridgehead atoms. The Hall–Kier alpha value is -2.34. The fourth-order valence-corrected chi connectivity index (χ4v) is 5.93. The standard InChI is InChI=1S/C26H26Cl2IN3O4S/c1-3-30-26(34)18(2)31(16-22-23(27)10-7-11-24(22)28)25(33)17-32(20-14-12-19(29)13-15-20)37(35,36)21-8-5-4-6-9-21/h4-15,18H,3,16-17H2,1-2H3,(H,30,34)/t18-/m1/s1. The zero-order chi connectivity index (χ0) is 27.2. The van der Waals surface area contributed by atoms with Crippen LogP contribution in [0.15, 0.2) is 77.7 Å². The van der Waals surface area contributed by atoms with Crippen LogP contribution in [-0.2, 0) is 26.2 Å². The van der Waals surface area contributed by atoms with Crippen LogP contribution in [0.4, 0.5) is 5.69 Å². The summed E-state index contributed by atoms with van der Waals surface area (Å²) in [5.74, 6) is -0.974. The van der Waals surface area contributed by atoms with Gasteiger partial charge in [0, 0.05) is 32.3 Å². The highest BCUT2D eigenvalue weighted by atomic mass is 127. The van der Waals surface area contributed by atoms with Gasteiger partial charge in [0.2, 0.25) is 11.8 Å². The van der Waals surface area contributed by atoms with Gasteiger partial charge in [-0.1, -0.05) is 47.5 Å². The molecule has 2 amide bonds. The van der Waals surface area contributed by atoms with E-state index in [-0.39, 0.29) is 17.3 Å². The summed E-state index contributed by atoms with van der Waals surface area (Å²) in [6.07, 6.45) is 0. The molecule has 0 saturated heterocycles. The number of benzene rings is 3. The van der Waals surface area contributed by atoms with Crippen molar-refractivity contribution in [3.8, 4) is 0 Å². The molecule has 0 fully saturated rings. The summed E-state index contributed by atoms with van der Waals surface area (Å²) >= 11 is 14.8. The number of likely N-dealkylation sites (N-methyl/N-ethyl adjacent to an activating group) is 1. The molecule has 7 nitrogen and oxygen atoms in total. The average Bonchev–Trinajstić information content (AvgIpc) is 2.88. The van der Waals surface area contributed by atoms with Gasteiger partial charge in [-0.05, 0) is 85.0 Å². The van der Waals surface area contributed by atoms with E-state index >= 15 is 0 Å². The predicted octanol–water partition coefficient (Wildman–Crippen LogP) is 5.35. The number of nitrogens with zero attached hydrogens (tertiary/aromatic N) is 2. The van der Waals surface area contributed by atoms with Crippen molar-refractivity contribution in [1.29, 1.82) is 0 Å². The van der Waals surface area contributed by atoms with E-state index in [2.05, 4.69) is 27.9 Å². The number of carbonyl (C=O) groups excluding carboxylic acids is 2. The Morgan fingerprint density at radius 2 is 1.54 bits per heavy atom. The molecule has 0 spiro atoms. The normalized spacial score (nSPS) is 12.0. The molecule has 1 atom stereocenters. The zero-order valence-electron chi connectivity index (χ0n) is 20.2.